The van der Waals surface area contributed by atoms with E-state index < -0.39 is 0 Å². The monoisotopic (exact) mass is 442 g/mol. The molecule has 1 unspecified atom stereocenters. The van der Waals surface area contributed by atoms with E-state index in [9.17, 15) is 9.59 Å². The zero-order valence-electron chi connectivity index (χ0n) is 18.5. The Labute approximate surface area is 190 Å². The number of aryl methyl sites for hydroxylation is 1. The Balaban J connectivity index is 1.27. The number of furan rings is 1. The normalized spacial score (nSPS) is 20.5. The van der Waals surface area contributed by atoms with Gasteiger partial charge in [-0.05, 0) is 48.6 Å². The van der Waals surface area contributed by atoms with Gasteiger partial charge in [-0.15, -0.1) is 0 Å². The van der Waals surface area contributed by atoms with Crippen molar-refractivity contribution >= 4 is 16.8 Å². The average Bonchev–Trinajstić information content (AvgIpc) is 3.33. The standard InChI is InChI=1S/C26H26N4O3/c1-15-14-33-23-9-8-19(10-21(15)23)16-2-6-18(7-3-16)25-28-29-26(32)30(25)13-20-11-27-12-22(20)24(31)17-4-5-17/h2-3,6-10,14,17,20,22,27H,4-5,11-13H2,1H3,(H,29,32)/t20-,22?/m1/s1. The molecule has 2 N–H and O–H groups in total. The maximum absolute atomic E-state index is 12.7. The number of carbonyl (C=O) groups is 1. The van der Waals surface area contributed by atoms with Crippen LogP contribution in [0, 0.1) is 24.7 Å². The van der Waals surface area contributed by atoms with E-state index in [1.54, 1.807) is 10.8 Å². The highest BCUT2D eigenvalue weighted by Crippen LogP contribution is 2.36. The van der Waals surface area contributed by atoms with E-state index in [1.807, 2.05) is 37.3 Å². The van der Waals surface area contributed by atoms with Crippen LogP contribution in [0.5, 0.6) is 0 Å². The van der Waals surface area contributed by atoms with Gasteiger partial charge in [-0.1, -0.05) is 30.3 Å². The summed E-state index contributed by atoms with van der Waals surface area (Å²) >= 11 is 0. The number of H-pyrrole nitrogens is 1. The Morgan fingerprint density at radius 1 is 1.09 bits per heavy atom. The molecule has 2 aliphatic rings. The van der Waals surface area contributed by atoms with Crippen LogP contribution in [0.4, 0.5) is 0 Å². The zero-order chi connectivity index (χ0) is 22.5. The molecule has 1 saturated carbocycles. The van der Waals surface area contributed by atoms with Crippen molar-refractivity contribution in [2.75, 3.05) is 13.1 Å². The number of rotatable bonds is 6. The molecule has 1 saturated heterocycles. The number of ketones is 1. The van der Waals surface area contributed by atoms with E-state index in [0.29, 0.717) is 24.7 Å². The van der Waals surface area contributed by atoms with Gasteiger partial charge in [-0.3, -0.25) is 9.36 Å². The van der Waals surface area contributed by atoms with Crippen molar-refractivity contribution < 1.29 is 9.21 Å². The molecule has 0 amide bonds. The van der Waals surface area contributed by atoms with Crippen LogP contribution in [-0.4, -0.2) is 33.6 Å². The van der Waals surface area contributed by atoms with Crippen molar-refractivity contribution in [2.24, 2.45) is 17.8 Å². The summed E-state index contributed by atoms with van der Waals surface area (Å²) in [5.74, 6) is 1.29. The van der Waals surface area contributed by atoms with Crippen LogP contribution >= 0.6 is 0 Å². The molecular weight excluding hydrogens is 416 g/mol. The van der Waals surface area contributed by atoms with Crippen LogP contribution in [0.15, 0.2) is 57.9 Å². The summed E-state index contributed by atoms with van der Waals surface area (Å²) < 4.78 is 7.24. The minimum atomic E-state index is -0.237. The van der Waals surface area contributed by atoms with E-state index >= 15 is 0 Å². The lowest BCUT2D eigenvalue weighted by molar-refractivity contribution is -0.124. The van der Waals surface area contributed by atoms with Gasteiger partial charge in [0.1, 0.15) is 11.4 Å². The number of carbonyl (C=O) groups excluding carboxylic acids is 1. The molecule has 2 aromatic carbocycles. The fraction of sp³-hybridized carbons (Fsp3) is 0.346. The predicted octanol–water partition coefficient (Wildman–Crippen LogP) is 3.77. The number of nitrogens with zero attached hydrogens (tertiary/aromatic N) is 2. The first-order valence-corrected chi connectivity index (χ1v) is 11.6. The van der Waals surface area contributed by atoms with Crippen molar-refractivity contribution in [3.63, 3.8) is 0 Å². The van der Waals surface area contributed by atoms with Crippen molar-refractivity contribution in [2.45, 2.75) is 26.3 Å². The third kappa shape index (κ3) is 3.62. The summed E-state index contributed by atoms with van der Waals surface area (Å²) in [5, 5.41) is 11.4. The number of aromatic amines is 1. The summed E-state index contributed by atoms with van der Waals surface area (Å²) in [6.45, 7) is 3.98. The molecule has 0 radical (unpaired) electrons. The van der Waals surface area contributed by atoms with Crippen molar-refractivity contribution in [3.05, 3.63) is 64.8 Å². The number of fused-ring (bicyclic) bond motifs is 1. The Morgan fingerprint density at radius 2 is 1.85 bits per heavy atom. The molecule has 2 aromatic heterocycles. The highest BCUT2D eigenvalue weighted by atomic mass is 16.3. The number of Topliss-reactive ketones (excluding diaryl/α,β-unsaturated/α-hetero) is 1. The Bertz CT molecular complexity index is 1390. The third-order valence-electron chi connectivity index (χ3n) is 7.10. The minimum Gasteiger partial charge on any atom is -0.464 e. The molecule has 3 heterocycles. The fourth-order valence-corrected chi connectivity index (χ4v) is 5.02. The van der Waals surface area contributed by atoms with Crippen LogP contribution in [0.1, 0.15) is 18.4 Å². The quantitative estimate of drug-likeness (QED) is 0.474. The molecule has 4 aromatic rings. The van der Waals surface area contributed by atoms with Crippen LogP contribution in [0.2, 0.25) is 0 Å². The maximum atomic E-state index is 12.7. The predicted molar refractivity (Wildman–Crippen MR) is 126 cm³/mol. The first-order chi connectivity index (χ1) is 16.1. The maximum Gasteiger partial charge on any atom is 0.343 e. The molecule has 1 aliphatic heterocycles. The van der Waals surface area contributed by atoms with Gasteiger partial charge in [0.05, 0.1) is 6.26 Å². The van der Waals surface area contributed by atoms with Gasteiger partial charge in [0.25, 0.3) is 0 Å². The van der Waals surface area contributed by atoms with Gasteiger partial charge < -0.3 is 9.73 Å². The van der Waals surface area contributed by atoms with Crippen LogP contribution in [-0.2, 0) is 11.3 Å². The zero-order valence-corrected chi connectivity index (χ0v) is 18.5. The molecule has 168 valence electrons. The Morgan fingerprint density at radius 3 is 2.64 bits per heavy atom. The number of benzene rings is 2. The van der Waals surface area contributed by atoms with Crippen molar-refractivity contribution in [1.29, 1.82) is 0 Å². The first kappa shape index (κ1) is 20.2. The second-order valence-electron chi connectivity index (χ2n) is 9.37. The van der Waals surface area contributed by atoms with Crippen LogP contribution in [0.3, 0.4) is 0 Å². The molecule has 7 heteroatoms. The number of hydrogen-bond acceptors (Lipinski definition) is 5. The molecule has 33 heavy (non-hydrogen) atoms. The van der Waals surface area contributed by atoms with Gasteiger partial charge >= 0.3 is 5.69 Å². The van der Waals surface area contributed by atoms with Gasteiger partial charge in [0.2, 0.25) is 0 Å². The van der Waals surface area contributed by atoms with Crippen LogP contribution < -0.4 is 11.0 Å². The lowest BCUT2D eigenvalue weighted by atomic mass is 9.89. The molecule has 0 bridgehead atoms. The molecule has 6 rings (SSSR count). The van der Waals surface area contributed by atoms with E-state index in [-0.39, 0.29) is 23.4 Å². The summed E-state index contributed by atoms with van der Waals surface area (Å²) in [6.07, 6.45) is 3.80. The number of aromatic nitrogens is 3. The number of nitrogens with one attached hydrogen (secondary N) is 2. The van der Waals surface area contributed by atoms with Gasteiger partial charge in [0.15, 0.2) is 5.82 Å². The van der Waals surface area contributed by atoms with Gasteiger partial charge in [0, 0.05) is 48.3 Å². The van der Waals surface area contributed by atoms with Gasteiger partial charge in [-0.25, -0.2) is 9.89 Å². The lowest BCUT2D eigenvalue weighted by Crippen LogP contribution is -2.30. The average molecular weight is 443 g/mol. The van der Waals surface area contributed by atoms with Gasteiger partial charge in [-0.2, -0.15) is 5.10 Å². The Hall–Kier alpha value is -3.45. The number of hydrogen-bond donors (Lipinski definition) is 2. The molecule has 2 fully saturated rings. The smallest absolute Gasteiger partial charge is 0.343 e. The van der Waals surface area contributed by atoms with E-state index in [4.69, 9.17) is 4.42 Å². The summed E-state index contributed by atoms with van der Waals surface area (Å²) in [4.78, 5) is 25.3. The molecular formula is C26H26N4O3. The third-order valence-corrected chi connectivity index (χ3v) is 7.10. The molecule has 7 nitrogen and oxygen atoms in total. The molecule has 2 atom stereocenters. The van der Waals surface area contributed by atoms with E-state index in [0.717, 1.165) is 52.6 Å². The highest BCUT2D eigenvalue weighted by molar-refractivity contribution is 5.87. The summed E-state index contributed by atoms with van der Waals surface area (Å²) in [6, 6.07) is 14.3. The Kier molecular flexibility index (Phi) is 4.80. The van der Waals surface area contributed by atoms with E-state index in [1.165, 1.54) is 0 Å². The fourth-order valence-electron chi connectivity index (χ4n) is 5.02. The lowest BCUT2D eigenvalue weighted by Gasteiger charge is -2.18. The highest BCUT2D eigenvalue weighted by Gasteiger charge is 2.41. The molecule has 1 aliphatic carbocycles. The summed E-state index contributed by atoms with van der Waals surface area (Å²) in [7, 11) is 0. The SMILES string of the molecule is Cc1coc2ccc(-c3ccc(-c4n[nH]c(=O)n4C[C@H]4CNCC4C(=O)C4CC4)cc3)cc12. The first-order valence-electron chi connectivity index (χ1n) is 11.6. The second-order valence-corrected chi connectivity index (χ2v) is 9.37. The van der Waals surface area contributed by atoms with E-state index in [2.05, 4.69) is 27.6 Å². The van der Waals surface area contributed by atoms with Crippen molar-refractivity contribution in [1.82, 2.24) is 20.1 Å². The second kappa shape index (κ2) is 7.85. The largest absolute Gasteiger partial charge is 0.464 e. The topological polar surface area (TPSA) is 92.9 Å². The minimum absolute atomic E-state index is 0.0178. The summed E-state index contributed by atoms with van der Waals surface area (Å²) in [5.41, 5.74) is 4.82. The van der Waals surface area contributed by atoms with Crippen molar-refractivity contribution in [3.8, 4) is 22.5 Å². The van der Waals surface area contributed by atoms with Crippen LogP contribution in [0.25, 0.3) is 33.5 Å². The molecule has 0 spiro atoms.